The van der Waals surface area contributed by atoms with Crippen molar-refractivity contribution in [2.75, 3.05) is 17.6 Å². The summed E-state index contributed by atoms with van der Waals surface area (Å²) in [7, 11) is 0. The lowest BCUT2D eigenvalue weighted by Gasteiger charge is -2.25. The van der Waals surface area contributed by atoms with Gasteiger partial charge in [-0.25, -0.2) is 0 Å². The second-order valence-corrected chi connectivity index (χ2v) is 4.78. The molecule has 1 saturated heterocycles. The highest BCUT2D eigenvalue weighted by molar-refractivity contribution is 6.33. The van der Waals surface area contributed by atoms with Crippen molar-refractivity contribution in [2.24, 2.45) is 0 Å². The van der Waals surface area contributed by atoms with Crippen molar-refractivity contribution in [3.63, 3.8) is 0 Å². The van der Waals surface area contributed by atoms with Gasteiger partial charge in [0.2, 0.25) is 5.91 Å². The number of carbonyl (C=O) groups excluding carboxylic acids is 1. The third-order valence-corrected chi connectivity index (χ3v) is 3.30. The van der Waals surface area contributed by atoms with Gasteiger partial charge in [-0.05, 0) is 31.0 Å². The van der Waals surface area contributed by atoms with E-state index in [-0.39, 0.29) is 11.9 Å². The highest BCUT2D eigenvalue weighted by atomic mass is 35.5. The van der Waals surface area contributed by atoms with Crippen LogP contribution < -0.4 is 16.4 Å². The van der Waals surface area contributed by atoms with E-state index in [1.807, 2.05) is 19.1 Å². The molecule has 1 aliphatic heterocycles. The normalized spacial score (nSPS) is 19.9. The first-order valence-electron chi connectivity index (χ1n) is 5.65. The van der Waals surface area contributed by atoms with E-state index >= 15 is 0 Å². The van der Waals surface area contributed by atoms with Crippen molar-refractivity contribution in [1.29, 1.82) is 0 Å². The summed E-state index contributed by atoms with van der Waals surface area (Å²) in [5, 5.41) is 6.78. The Kier molecular flexibility index (Phi) is 3.43. The number of nitrogens with two attached hydrogens (primary N) is 1. The highest BCUT2D eigenvalue weighted by Gasteiger charge is 2.18. The van der Waals surface area contributed by atoms with E-state index in [0.29, 0.717) is 23.7 Å². The molecule has 0 saturated carbocycles. The van der Waals surface area contributed by atoms with Gasteiger partial charge in [0.05, 0.1) is 10.7 Å². The molecule has 1 aromatic rings. The fourth-order valence-electron chi connectivity index (χ4n) is 1.94. The van der Waals surface area contributed by atoms with Crippen LogP contribution in [0.4, 0.5) is 11.4 Å². The summed E-state index contributed by atoms with van der Waals surface area (Å²) in [5.41, 5.74) is 8.35. The Morgan fingerprint density at radius 2 is 2.29 bits per heavy atom. The minimum Gasteiger partial charge on any atom is -0.398 e. The molecule has 2 rings (SSSR count). The minimum atomic E-state index is 0.120. The lowest BCUT2D eigenvalue weighted by atomic mass is 10.1. The van der Waals surface area contributed by atoms with E-state index in [4.69, 9.17) is 17.3 Å². The Hall–Kier alpha value is -1.42. The van der Waals surface area contributed by atoms with Crippen LogP contribution in [0.2, 0.25) is 5.02 Å². The van der Waals surface area contributed by atoms with Gasteiger partial charge in [-0.1, -0.05) is 11.6 Å². The number of nitrogen functional groups attached to an aromatic ring is 1. The Balaban J connectivity index is 2.08. The number of hydrogen-bond acceptors (Lipinski definition) is 3. The molecule has 1 amide bonds. The van der Waals surface area contributed by atoms with Crippen molar-refractivity contribution in [2.45, 2.75) is 25.8 Å². The predicted octanol–water partition coefficient (Wildman–Crippen LogP) is 1.92. The summed E-state index contributed by atoms with van der Waals surface area (Å²) in [6, 6.07) is 3.94. The van der Waals surface area contributed by atoms with Crippen LogP contribution in [0.25, 0.3) is 0 Å². The number of benzene rings is 1. The zero-order valence-corrected chi connectivity index (χ0v) is 10.5. The summed E-state index contributed by atoms with van der Waals surface area (Å²) >= 11 is 5.99. The number of piperidine rings is 1. The van der Waals surface area contributed by atoms with Gasteiger partial charge in [-0.15, -0.1) is 0 Å². The zero-order valence-electron chi connectivity index (χ0n) is 9.72. The summed E-state index contributed by atoms with van der Waals surface area (Å²) in [6.07, 6.45) is 1.41. The van der Waals surface area contributed by atoms with Gasteiger partial charge in [0.25, 0.3) is 0 Å². The third-order valence-electron chi connectivity index (χ3n) is 2.97. The minimum absolute atomic E-state index is 0.120. The molecule has 1 heterocycles. The molecule has 92 valence electrons. The monoisotopic (exact) mass is 253 g/mol. The number of halogens is 1. The van der Waals surface area contributed by atoms with Crippen LogP contribution in [0, 0.1) is 6.92 Å². The van der Waals surface area contributed by atoms with Gasteiger partial charge in [0.1, 0.15) is 0 Å². The summed E-state index contributed by atoms with van der Waals surface area (Å²) in [6.45, 7) is 2.64. The fourth-order valence-corrected chi connectivity index (χ4v) is 2.10. The number of hydrogen-bond donors (Lipinski definition) is 3. The Bertz CT molecular complexity index is 438. The van der Waals surface area contributed by atoms with Gasteiger partial charge in [0, 0.05) is 24.7 Å². The molecule has 1 fully saturated rings. The average Bonchev–Trinajstić information content (AvgIpc) is 2.29. The van der Waals surface area contributed by atoms with Crippen LogP contribution in [0.1, 0.15) is 18.4 Å². The second kappa shape index (κ2) is 4.84. The number of rotatable bonds is 2. The van der Waals surface area contributed by atoms with Crippen LogP contribution in [0.5, 0.6) is 0 Å². The van der Waals surface area contributed by atoms with E-state index in [0.717, 1.165) is 17.7 Å². The van der Waals surface area contributed by atoms with E-state index in [1.165, 1.54) is 0 Å². The standard InChI is InChI=1S/C12H16ClN3O/c1-7-4-10(14)9(13)5-11(7)16-8-2-3-12(17)15-6-8/h4-5,8,16H,2-3,6,14H2,1H3,(H,15,17). The zero-order chi connectivity index (χ0) is 12.4. The van der Waals surface area contributed by atoms with E-state index in [9.17, 15) is 4.79 Å². The van der Waals surface area contributed by atoms with Gasteiger partial charge in [0.15, 0.2) is 0 Å². The molecular formula is C12H16ClN3O. The van der Waals surface area contributed by atoms with E-state index < -0.39 is 0 Å². The number of carbonyl (C=O) groups is 1. The van der Waals surface area contributed by atoms with Crippen LogP contribution in [0.3, 0.4) is 0 Å². The molecule has 0 aromatic heterocycles. The molecule has 17 heavy (non-hydrogen) atoms. The van der Waals surface area contributed by atoms with Crippen molar-refractivity contribution in [1.82, 2.24) is 5.32 Å². The average molecular weight is 254 g/mol. The second-order valence-electron chi connectivity index (χ2n) is 4.37. The summed E-state index contributed by atoms with van der Waals surface area (Å²) < 4.78 is 0. The lowest BCUT2D eigenvalue weighted by molar-refractivity contribution is -0.122. The highest BCUT2D eigenvalue weighted by Crippen LogP contribution is 2.27. The molecule has 0 spiro atoms. The molecule has 0 aliphatic carbocycles. The maximum Gasteiger partial charge on any atom is 0.220 e. The van der Waals surface area contributed by atoms with E-state index in [2.05, 4.69) is 10.6 Å². The Morgan fingerprint density at radius 1 is 1.53 bits per heavy atom. The number of anilines is 2. The van der Waals surface area contributed by atoms with Crippen molar-refractivity contribution < 1.29 is 4.79 Å². The fraction of sp³-hybridized carbons (Fsp3) is 0.417. The molecule has 4 N–H and O–H groups in total. The molecule has 1 aromatic carbocycles. The lowest BCUT2D eigenvalue weighted by Crippen LogP contribution is -2.42. The number of aryl methyl sites for hydroxylation is 1. The Morgan fingerprint density at radius 3 is 2.94 bits per heavy atom. The van der Waals surface area contributed by atoms with Crippen LogP contribution in [0.15, 0.2) is 12.1 Å². The maximum atomic E-state index is 11.1. The number of amides is 1. The van der Waals surface area contributed by atoms with Crippen LogP contribution >= 0.6 is 11.6 Å². The van der Waals surface area contributed by atoms with Crippen LogP contribution in [-0.4, -0.2) is 18.5 Å². The molecule has 1 unspecified atom stereocenters. The maximum absolute atomic E-state index is 11.1. The van der Waals surface area contributed by atoms with Gasteiger partial charge in [-0.2, -0.15) is 0 Å². The summed E-state index contributed by atoms with van der Waals surface area (Å²) in [4.78, 5) is 11.1. The van der Waals surface area contributed by atoms with Crippen molar-refractivity contribution in [3.05, 3.63) is 22.7 Å². The Labute approximate surface area is 106 Å². The molecule has 1 aliphatic rings. The van der Waals surface area contributed by atoms with Crippen LogP contribution in [-0.2, 0) is 4.79 Å². The van der Waals surface area contributed by atoms with Gasteiger partial charge in [-0.3, -0.25) is 4.79 Å². The largest absolute Gasteiger partial charge is 0.398 e. The van der Waals surface area contributed by atoms with Crippen molar-refractivity contribution >= 4 is 28.9 Å². The first-order chi connectivity index (χ1) is 8.06. The molecular weight excluding hydrogens is 238 g/mol. The van der Waals surface area contributed by atoms with Gasteiger partial charge < -0.3 is 16.4 Å². The quantitative estimate of drug-likeness (QED) is 0.706. The van der Waals surface area contributed by atoms with Crippen molar-refractivity contribution in [3.8, 4) is 0 Å². The third kappa shape index (κ3) is 2.82. The smallest absolute Gasteiger partial charge is 0.220 e. The number of nitrogens with one attached hydrogen (secondary N) is 2. The molecule has 1 atom stereocenters. The van der Waals surface area contributed by atoms with Gasteiger partial charge >= 0.3 is 0 Å². The molecule has 0 bridgehead atoms. The van der Waals surface area contributed by atoms with E-state index in [1.54, 1.807) is 0 Å². The SMILES string of the molecule is Cc1cc(N)c(Cl)cc1NC1CCC(=O)NC1. The first kappa shape index (κ1) is 12.0. The topological polar surface area (TPSA) is 67.1 Å². The first-order valence-corrected chi connectivity index (χ1v) is 6.03. The molecule has 4 nitrogen and oxygen atoms in total. The molecule has 5 heteroatoms. The summed E-state index contributed by atoms with van der Waals surface area (Å²) in [5.74, 6) is 0.120. The molecule has 0 radical (unpaired) electrons. The predicted molar refractivity (Wildman–Crippen MR) is 70.3 cm³/mol.